The summed E-state index contributed by atoms with van der Waals surface area (Å²) >= 11 is 11.7. The highest BCUT2D eigenvalue weighted by atomic mass is 35.5. The molecule has 12 heteroatoms. The molecule has 1 heterocycles. The van der Waals surface area contributed by atoms with E-state index in [1.165, 1.54) is 23.0 Å². The van der Waals surface area contributed by atoms with Gasteiger partial charge in [0.15, 0.2) is 5.82 Å². The molecule has 0 aliphatic carbocycles. The molecule has 1 aromatic heterocycles. The summed E-state index contributed by atoms with van der Waals surface area (Å²) in [6.07, 6.45) is 1.29. The van der Waals surface area contributed by atoms with Crippen LogP contribution in [0, 0.1) is 17.0 Å². The summed E-state index contributed by atoms with van der Waals surface area (Å²) in [5.41, 5.74) is 2.60. The Balaban J connectivity index is 0.00000242. The number of halogens is 3. The molecular formula is C10H10Cl3N7O2. The van der Waals surface area contributed by atoms with Crippen molar-refractivity contribution in [2.75, 3.05) is 11.3 Å². The van der Waals surface area contributed by atoms with Crippen molar-refractivity contribution in [3.05, 3.63) is 43.7 Å². The average Bonchev–Trinajstić information content (AvgIpc) is 2.72. The van der Waals surface area contributed by atoms with Crippen LogP contribution in [0.15, 0.2) is 17.2 Å². The van der Waals surface area contributed by atoms with Gasteiger partial charge in [-0.1, -0.05) is 23.2 Å². The van der Waals surface area contributed by atoms with Gasteiger partial charge in [-0.2, -0.15) is 5.10 Å². The Morgan fingerprint density at radius 2 is 2.09 bits per heavy atom. The molecule has 1 aromatic carbocycles. The highest BCUT2D eigenvalue weighted by molar-refractivity contribution is 6.37. The second-order valence-electron chi connectivity index (χ2n) is 3.89. The number of nitrogens with two attached hydrogens (primary N) is 1. The van der Waals surface area contributed by atoms with Crippen molar-refractivity contribution in [2.24, 2.45) is 5.10 Å². The lowest BCUT2D eigenvalue weighted by atomic mass is 10.2. The maximum Gasteiger partial charge on any atom is 0.288 e. The Morgan fingerprint density at radius 1 is 1.41 bits per heavy atom. The molecule has 0 fully saturated rings. The van der Waals surface area contributed by atoms with Crippen molar-refractivity contribution in [2.45, 2.75) is 6.92 Å². The SMILES string of the molecule is Cc1nnc(NN=Cc2cc([N+](=O)[O-])c(Cl)cc2Cl)n1N.Cl. The number of nitrogen functional groups attached to an aromatic ring is 1. The van der Waals surface area contributed by atoms with E-state index in [9.17, 15) is 10.1 Å². The zero-order valence-electron chi connectivity index (χ0n) is 11.0. The number of anilines is 1. The largest absolute Gasteiger partial charge is 0.335 e. The van der Waals surface area contributed by atoms with Crippen LogP contribution < -0.4 is 11.3 Å². The zero-order valence-corrected chi connectivity index (χ0v) is 13.4. The summed E-state index contributed by atoms with van der Waals surface area (Å²) in [6, 6.07) is 2.49. The highest BCUT2D eigenvalue weighted by Gasteiger charge is 2.15. The van der Waals surface area contributed by atoms with Gasteiger partial charge in [-0.25, -0.2) is 10.1 Å². The van der Waals surface area contributed by atoms with E-state index in [2.05, 4.69) is 20.7 Å². The molecule has 0 saturated carbocycles. The third kappa shape index (κ3) is 3.75. The fourth-order valence-corrected chi connectivity index (χ4v) is 1.90. The summed E-state index contributed by atoms with van der Waals surface area (Å²) < 4.78 is 1.20. The third-order valence-electron chi connectivity index (χ3n) is 2.50. The van der Waals surface area contributed by atoms with Crippen LogP contribution in [0.1, 0.15) is 11.4 Å². The van der Waals surface area contributed by atoms with E-state index in [1.807, 2.05) is 0 Å². The monoisotopic (exact) mass is 365 g/mol. The van der Waals surface area contributed by atoms with E-state index in [-0.39, 0.29) is 34.1 Å². The summed E-state index contributed by atoms with van der Waals surface area (Å²) in [7, 11) is 0. The van der Waals surface area contributed by atoms with Gasteiger partial charge in [-0.15, -0.1) is 22.6 Å². The van der Waals surface area contributed by atoms with Gasteiger partial charge in [0.2, 0.25) is 0 Å². The number of hydrogen-bond donors (Lipinski definition) is 2. The molecule has 0 spiro atoms. The minimum absolute atomic E-state index is 0. The maximum absolute atomic E-state index is 10.8. The third-order valence-corrected chi connectivity index (χ3v) is 3.13. The predicted molar refractivity (Wildman–Crippen MR) is 86.5 cm³/mol. The van der Waals surface area contributed by atoms with E-state index in [0.29, 0.717) is 11.4 Å². The number of hydrogen-bond acceptors (Lipinski definition) is 7. The first-order chi connectivity index (χ1) is 9.90. The number of hydrazone groups is 1. The van der Waals surface area contributed by atoms with Crippen LogP contribution in [0.2, 0.25) is 10.0 Å². The zero-order chi connectivity index (χ0) is 15.6. The van der Waals surface area contributed by atoms with Gasteiger partial charge in [0, 0.05) is 11.6 Å². The lowest BCUT2D eigenvalue weighted by Gasteiger charge is -2.02. The Morgan fingerprint density at radius 3 is 2.64 bits per heavy atom. The lowest BCUT2D eigenvalue weighted by Crippen LogP contribution is -2.13. The topological polar surface area (TPSA) is 124 Å². The summed E-state index contributed by atoms with van der Waals surface area (Å²) in [5.74, 6) is 6.32. The second-order valence-corrected chi connectivity index (χ2v) is 4.71. The Bertz CT molecular complexity index is 732. The van der Waals surface area contributed by atoms with Crippen molar-refractivity contribution in [1.82, 2.24) is 14.9 Å². The van der Waals surface area contributed by atoms with E-state index in [4.69, 9.17) is 29.0 Å². The molecule has 0 amide bonds. The number of nitro benzene ring substituents is 1. The van der Waals surface area contributed by atoms with Crippen LogP contribution >= 0.6 is 35.6 Å². The van der Waals surface area contributed by atoms with Gasteiger partial charge in [-0.3, -0.25) is 10.1 Å². The van der Waals surface area contributed by atoms with Crippen LogP contribution in [0.25, 0.3) is 0 Å². The van der Waals surface area contributed by atoms with Gasteiger partial charge in [0.05, 0.1) is 16.2 Å². The molecule has 2 aromatic rings. The molecule has 0 saturated heterocycles. The molecule has 22 heavy (non-hydrogen) atoms. The van der Waals surface area contributed by atoms with Crippen LogP contribution in [0.5, 0.6) is 0 Å². The van der Waals surface area contributed by atoms with Crippen LogP contribution in [-0.2, 0) is 0 Å². The minimum atomic E-state index is -0.608. The number of benzene rings is 1. The number of aromatic nitrogens is 3. The normalized spacial score (nSPS) is 10.5. The molecule has 3 N–H and O–H groups in total. The molecule has 0 aliphatic heterocycles. The quantitative estimate of drug-likeness (QED) is 0.370. The molecule has 9 nitrogen and oxygen atoms in total. The minimum Gasteiger partial charge on any atom is -0.335 e. The molecule has 0 unspecified atom stereocenters. The van der Waals surface area contributed by atoms with Crippen LogP contribution in [-0.4, -0.2) is 26.0 Å². The Labute approximate surface area is 140 Å². The van der Waals surface area contributed by atoms with Crippen molar-refractivity contribution < 1.29 is 4.92 Å². The Kier molecular flexibility index (Phi) is 5.92. The van der Waals surface area contributed by atoms with Crippen molar-refractivity contribution >= 4 is 53.5 Å². The molecule has 118 valence electrons. The highest BCUT2D eigenvalue weighted by Crippen LogP contribution is 2.29. The van der Waals surface area contributed by atoms with Crippen LogP contribution in [0.3, 0.4) is 0 Å². The summed E-state index contributed by atoms with van der Waals surface area (Å²) in [5, 5.41) is 22.3. The standard InChI is InChI=1S/C10H9Cl2N7O2.ClH/c1-5-15-17-10(18(5)13)16-14-4-6-2-9(19(20)21)8(12)3-7(6)11;/h2-4H,13H2,1H3,(H,16,17);1H. The first-order valence-corrected chi connectivity index (χ1v) is 6.25. The van der Waals surface area contributed by atoms with Gasteiger partial charge in [-0.05, 0) is 13.0 Å². The number of nitro groups is 1. The van der Waals surface area contributed by atoms with Gasteiger partial charge < -0.3 is 5.84 Å². The van der Waals surface area contributed by atoms with Gasteiger partial charge in [0.25, 0.3) is 11.6 Å². The van der Waals surface area contributed by atoms with E-state index in [1.54, 1.807) is 6.92 Å². The number of aryl methyl sites for hydroxylation is 1. The maximum atomic E-state index is 10.8. The predicted octanol–water partition coefficient (Wildman–Crippen LogP) is 2.38. The molecule has 2 rings (SSSR count). The Hall–Kier alpha value is -2.10. The average molecular weight is 367 g/mol. The first-order valence-electron chi connectivity index (χ1n) is 5.49. The van der Waals surface area contributed by atoms with E-state index >= 15 is 0 Å². The summed E-state index contributed by atoms with van der Waals surface area (Å²) in [4.78, 5) is 10.2. The second kappa shape index (κ2) is 7.25. The van der Waals surface area contributed by atoms with Gasteiger partial charge >= 0.3 is 0 Å². The van der Waals surface area contributed by atoms with Crippen molar-refractivity contribution in [1.29, 1.82) is 0 Å². The molecular weight excluding hydrogens is 357 g/mol. The van der Waals surface area contributed by atoms with Crippen molar-refractivity contribution in [3.63, 3.8) is 0 Å². The van der Waals surface area contributed by atoms with E-state index < -0.39 is 4.92 Å². The molecule has 0 atom stereocenters. The smallest absolute Gasteiger partial charge is 0.288 e. The van der Waals surface area contributed by atoms with Crippen molar-refractivity contribution in [3.8, 4) is 0 Å². The van der Waals surface area contributed by atoms with Crippen LogP contribution in [0.4, 0.5) is 11.6 Å². The lowest BCUT2D eigenvalue weighted by molar-refractivity contribution is -0.384. The molecule has 0 radical (unpaired) electrons. The fourth-order valence-electron chi connectivity index (χ4n) is 1.40. The number of rotatable bonds is 4. The number of nitrogens with zero attached hydrogens (tertiary/aromatic N) is 5. The number of nitrogens with one attached hydrogen (secondary N) is 1. The molecule has 0 bridgehead atoms. The summed E-state index contributed by atoms with van der Waals surface area (Å²) in [6.45, 7) is 1.67. The van der Waals surface area contributed by atoms with E-state index in [0.717, 1.165) is 0 Å². The first kappa shape index (κ1) is 18.0. The van der Waals surface area contributed by atoms with Gasteiger partial charge in [0.1, 0.15) is 5.02 Å². The molecule has 0 aliphatic rings. The fraction of sp³-hybridized carbons (Fsp3) is 0.100.